The lowest BCUT2D eigenvalue weighted by atomic mass is 10.1. The summed E-state index contributed by atoms with van der Waals surface area (Å²) in [6.07, 6.45) is 2.22. The van der Waals surface area contributed by atoms with Gasteiger partial charge in [-0.1, -0.05) is 12.1 Å². The van der Waals surface area contributed by atoms with Crippen LogP contribution in [0, 0.1) is 5.82 Å². The molecule has 116 valence electrons. The first-order chi connectivity index (χ1) is 10.2. The van der Waals surface area contributed by atoms with Crippen LogP contribution < -0.4 is 5.32 Å². The van der Waals surface area contributed by atoms with Crippen LogP contribution in [0.3, 0.4) is 0 Å². The monoisotopic (exact) mass is 294 g/mol. The fraction of sp³-hybridized carbons (Fsp3) is 0.625. The van der Waals surface area contributed by atoms with Crippen LogP contribution in [0.2, 0.25) is 0 Å². The quantitative estimate of drug-likeness (QED) is 0.830. The van der Waals surface area contributed by atoms with Crippen molar-refractivity contribution in [3.8, 4) is 0 Å². The highest BCUT2D eigenvalue weighted by Crippen LogP contribution is 2.28. The number of rotatable bonds is 6. The molecule has 1 saturated heterocycles. The average Bonchev–Trinajstić information content (AvgIpc) is 3.33. The molecule has 1 saturated carbocycles. The minimum absolute atomic E-state index is 0.194. The van der Waals surface area contributed by atoms with Crippen molar-refractivity contribution >= 4 is 0 Å². The molecule has 1 aromatic carbocycles. The lowest BCUT2D eigenvalue weighted by molar-refractivity contribution is -0.0309. The van der Waals surface area contributed by atoms with Gasteiger partial charge in [-0.3, -0.25) is 4.90 Å². The largest absolute Gasteiger partial charge is 0.387 e. The van der Waals surface area contributed by atoms with Gasteiger partial charge in [0.15, 0.2) is 0 Å². The molecular formula is C16H23FN2O2. The van der Waals surface area contributed by atoms with E-state index >= 15 is 0 Å². The Bertz CT molecular complexity index is 450. The number of halogens is 1. The molecule has 0 radical (unpaired) electrons. The summed E-state index contributed by atoms with van der Waals surface area (Å²) in [7, 11) is 0. The highest BCUT2D eigenvalue weighted by Gasteiger charge is 2.32. The topological polar surface area (TPSA) is 44.7 Å². The Morgan fingerprint density at radius 2 is 2.10 bits per heavy atom. The van der Waals surface area contributed by atoms with E-state index in [0.29, 0.717) is 6.54 Å². The minimum atomic E-state index is -0.617. The van der Waals surface area contributed by atoms with E-state index in [4.69, 9.17) is 4.74 Å². The molecule has 3 rings (SSSR count). The summed E-state index contributed by atoms with van der Waals surface area (Å²) in [6.45, 7) is 4.00. The fourth-order valence-corrected chi connectivity index (χ4v) is 2.82. The van der Waals surface area contributed by atoms with Crippen molar-refractivity contribution in [1.82, 2.24) is 10.2 Å². The molecule has 0 aromatic heterocycles. The number of aliphatic hydroxyl groups is 1. The molecule has 0 amide bonds. The molecule has 2 unspecified atom stereocenters. The summed E-state index contributed by atoms with van der Waals surface area (Å²) in [4.78, 5) is 2.51. The third kappa shape index (κ3) is 4.23. The second-order valence-corrected chi connectivity index (χ2v) is 5.94. The number of hydrogen-bond donors (Lipinski definition) is 2. The highest BCUT2D eigenvalue weighted by molar-refractivity contribution is 5.18. The van der Waals surface area contributed by atoms with Crippen molar-refractivity contribution in [2.45, 2.75) is 31.1 Å². The van der Waals surface area contributed by atoms with Gasteiger partial charge in [0.1, 0.15) is 5.82 Å². The predicted molar refractivity (Wildman–Crippen MR) is 78.6 cm³/mol. The van der Waals surface area contributed by atoms with Gasteiger partial charge in [0.05, 0.1) is 18.8 Å². The van der Waals surface area contributed by atoms with Crippen molar-refractivity contribution in [2.24, 2.45) is 0 Å². The van der Waals surface area contributed by atoms with Crippen LogP contribution in [-0.4, -0.2) is 54.9 Å². The van der Waals surface area contributed by atoms with Crippen LogP contribution in [0.15, 0.2) is 24.3 Å². The normalized spacial score (nSPS) is 25.0. The molecule has 1 aliphatic heterocycles. The van der Waals surface area contributed by atoms with Crippen molar-refractivity contribution in [1.29, 1.82) is 0 Å². The Morgan fingerprint density at radius 1 is 1.33 bits per heavy atom. The second kappa shape index (κ2) is 6.83. The SMILES string of the molecule is OC(CNCC1CN(C2CC2)CCO1)c1ccc(F)cc1. The van der Waals surface area contributed by atoms with E-state index in [2.05, 4.69) is 10.2 Å². The van der Waals surface area contributed by atoms with Crippen molar-refractivity contribution in [3.05, 3.63) is 35.6 Å². The first kappa shape index (κ1) is 14.9. The van der Waals surface area contributed by atoms with Crippen LogP contribution in [0.1, 0.15) is 24.5 Å². The maximum Gasteiger partial charge on any atom is 0.123 e. The molecule has 2 atom stereocenters. The molecular weight excluding hydrogens is 271 g/mol. The van der Waals surface area contributed by atoms with Crippen molar-refractivity contribution in [3.63, 3.8) is 0 Å². The zero-order valence-corrected chi connectivity index (χ0v) is 12.2. The van der Waals surface area contributed by atoms with E-state index in [1.807, 2.05) is 0 Å². The minimum Gasteiger partial charge on any atom is -0.387 e. The van der Waals surface area contributed by atoms with Crippen LogP contribution >= 0.6 is 0 Å². The molecule has 2 N–H and O–H groups in total. The number of nitrogens with one attached hydrogen (secondary N) is 1. The van der Waals surface area contributed by atoms with Gasteiger partial charge in [-0.05, 0) is 30.5 Å². The number of nitrogens with zero attached hydrogens (tertiary/aromatic N) is 1. The number of aliphatic hydroxyl groups excluding tert-OH is 1. The van der Waals surface area contributed by atoms with Crippen molar-refractivity contribution < 1.29 is 14.2 Å². The second-order valence-electron chi connectivity index (χ2n) is 5.94. The van der Waals surface area contributed by atoms with Gasteiger partial charge in [-0.25, -0.2) is 4.39 Å². The average molecular weight is 294 g/mol. The summed E-state index contributed by atoms with van der Waals surface area (Å²) in [6, 6.07) is 6.76. The van der Waals surface area contributed by atoms with Crippen LogP contribution in [0.4, 0.5) is 4.39 Å². The van der Waals surface area contributed by atoms with Crippen LogP contribution in [-0.2, 0) is 4.74 Å². The third-order valence-electron chi connectivity index (χ3n) is 4.20. The van der Waals surface area contributed by atoms with E-state index in [1.165, 1.54) is 25.0 Å². The van der Waals surface area contributed by atoms with E-state index < -0.39 is 6.10 Å². The summed E-state index contributed by atoms with van der Waals surface area (Å²) < 4.78 is 18.6. The standard InChI is InChI=1S/C16H23FN2O2/c17-13-3-1-12(2-4-13)16(20)10-18-9-15-11-19(7-8-21-15)14-5-6-14/h1-4,14-16,18,20H,5-11H2. The number of morpholine rings is 1. The molecule has 1 aromatic rings. The van der Waals surface area contributed by atoms with E-state index in [-0.39, 0.29) is 11.9 Å². The number of benzene rings is 1. The van der Waals surface area contributed by atoms with Crippen LogP contribution in [0.25, 0.3) is 0 Å². The molecule has 2 fully saturated rings. The van der Waals surface area contributed by atoms with Gasteiger partial charge in [-0.15, -0.1) is 0 Å². The lowest BCUT2D eigenvalue weighted by Gasteiger charge is -2.33. The molecule has 21 heavy (non-hydrogen) atoms. The Labute approximate surface area is 124 Å². The van der Waals surface area contributed by atoms with Gasteiger partial charge >= 0.3 is 0 Å². The summed E-state index contributed by atoms with van der Waals surface area (Å²) in [5.41, 5.74) is 0.730. The van der Waals surface area contributed by atoms with Gasteiger partial charge in [-0.2, -0.15) is 0 Å². The molecule has 0 bridgehead atoms. The predicted octanol–water partition coefficient (Wildman–Crippen LogP) is 1.31. The highest BCUT2D eigenvalue weighted by atomic mass is 19.1. The van der Waals surface area contributed by atoms with E-state index in [1.54, 1.807) is 12.1 Å². The molecule has 0 spiro atoms. The molecule has 1 aliphatic carbocycles. The Balaban J connectivity index is 1.39. The Morgan fingerprint density at radius 3 is 2.81 bits per heavy atom. The van der Waals surface area contributed by atoms with Gasteiger partial charge < -0.3 is 15.2 Å². The summed E-state index contributed by atoms with van der Waals surface area (Å²) in [5, 5.41) is 13.3. The summed E-state index contributed by atoms with van der Waals surface area (Å²) >= 11 is 0. The zero-order chi connectivity index (χ0) is 14.7. The van der Waals surface area contributed by atoms with Gasteiger partial charge in [0.25, 0.3) is 0 Å². The third-order valence-corrected chi connectivity index (χ3v) is 4.20. The zero-order valence-electron chi connectivity index (χ0n) is 12.2. The maximum absolute atomic E-state index is 12.8. The van der Waals surface area contributed by atoms with Crippen LogP contribution in [0.5, 0.6) is 0 Å². The van der Waals surface area contributed by atoms with E-state index in [9.17, 15) is 9.50 Å². The fourth-order valence-electron chi connectivity index (χ4n) is 2.82. The first-order valence-corrected chi connectivity index (χ1v) is 7.72. The Hall–Kier alpha value is -1.01. The van der Waals surface area contributed by atoms with Crippen molar-refractivity contribution in [2.75, 3.05) is 32.8 Å². The Kier molecular flexibility index (Phi) is 4.85. The maximum atomic E-state index is 12.8. The smallest absolute Gasteiger partial charge is 0.123 e. The number of ether oxygens (including phenoxy) is 1. The van der Waals surface area contributed by atoms with Gasteiger partial charge in [0.2, 0.25) is 0 Å². The molecule has 4 nitrogen and oxygen atoms in total. The van der Waals surface area contributed by atoms with E-state index in [0.717, 1.165) is 37.8 Å². The summed E-state index contributed by atoms with van der Waals surface area (Å²) in [5.74, 6) is -0.283. The number of hydrogen-bond acceptors (Lipinski definition) is 4. The first-order valence-electron chi connectivity index (χ1n) is 7.72. The lowest BCUT2D eigenvalue weighted by Crippen LogP contribution is -2.47. The molecule has 2 aliphatic rings. The molecule has 5 heteroatoms. The van der Waals surface area contributed by atoms with Gasteiger partial charge in [0, 0.05) is 32.2 Å². The molecule has 1 heterocycles.